The predicted molar refractivity (Wildman–Crippen MR) is 229 cm³/mol. The molecule has 0 saturated heterocycles. The van der Waals surface area contributed by atoms with Gasteiger partial charge in [0.1, 0.15) is 0 Å². The Morgan fingerprint density at radius 3 is 1.70 bits per heavy atom. The van der Waals surface area contributed by atoms with Gasteiger partial charge >= 0.3 is 0 Å². The van der Waals surface area contributed by atoms with Gasteiger partial charge < -0.3 is 14.5 Å². The lowest BCUT2D eigenvalue weighted by molar-refractivity contribution is 0.748. The SMILES string of the molecule is C1=CNC(c2ccccc2-c2ccc3c(c2)c2ncccc2n3-c2cccc(-n3c4ccc(-c5ccccc5-c5ccccn5)cc4c4ncccc43)c2)C=C1. The van der Waals surface area contributed by atoms with E-state index in [1.807, 2.05) is 55.1 Å². The van der Waals surface area contributed by atoms with E-state index in [4.69, 9.17) is 9.97 Å². The second-order valence-electron chi connectivity index (χ2n) is 14.1. The Morgan fingerprint density at radius 1 is 0.446 bits per heavy atom. The third kappa shape index (κ3) is 5.15. The number of nitrogens with one attached hydrogen (secondary N) is 1. The van der Waals surface area contributed by atoms with E-state index in [0.717, 1.165) is 83.2 Å². The number of aromatic nitrogens is 5. The highest BCUT2D eigenvalue weighted by Gasteiger charge is 2.20. The molecule has 0 spiro atoms. The number of hydrogen-bond donors (Lipinski definition) is 1. The molecule has 0 bridgehead atoms. The zero-order valence-corrected chi connectivity index (χ0v) is 30.3. The minimum Gasteiger partial charge on any atom is -0.381 e. The number of benzene rings is 5. The highest BCUT2D eigenvalue weighted by Crippen LogP contribution is 2.39. The molecule has 5 aromatic carbocycles. The van der Waals surface area contributed by atoms with Crippen molar-refractivity contribution in [3.8, 4) is 44.9 Å². The first-order valence-corrected chi connectivity index (χ1v) is 18.9. The van der Waals surface area contributed by atoms with Crippen LogP contribution in [0, 0.1) is 0 Å². The van der Waals surface area contributed by atoms with E-state index in [1.54, 1.807) is 0 Å². The van der Waals surface area contributed by atoms with Crippen LogP contribution >= 0.6 is 0 Å². The Hall–Kier alpha value is -7.57. The maximum absolute atomic E-state index is 4.94. The Labute approximate surface area is 323 Å². The Kier molecular flexibility index (Phi) is 7.45. The highest BCUT2D eigenvalue weighted by molar-refractivity contribution is 6.10. The molecule has 5 aromatic heterocycles. The lowest BCUT2D eigenvalue weighted by Crippen LogP contribution is -2.15. The van der Waals surface area contributed by atoms with Gasteiger partial charge in [0.15, 0.2) is 0 Å². The van der Waals surface area contributed by atoms with Crippen LogP contribution in [-0.2, 0) is 0 Å². The molecule has 1 aliphatic heterocycles. The van der Waals surface area contributed by atoms with Gasteiger partial charge in [0, 0.05) is 46.3 Å². The topological polar surface area (TPSA) is 60.6 Å². The van der Waals surface area contributed by atoms with Gasteiger partial charge in [-0.2, -0.15) is 0 Å². The normalized spacial score (nSPS) is 13.9. The van der Waals surface area contributed by atoms with Gasteiger partial charge in [-0.1, -0.05) is 84.9 Å². The van der Waals surface area contributed by atoms with Crippen molar-refractivity contribution in [3.63, 3.8) is 0 Å². The Bertz CT molecular complexity index is 3190. The van der Waals surface area contributed by atoms with Crippen LogP contribution in [0.25, 0.3) is 88.8 Å². The van der Waals surface area contributed by atoms with Crippen LogP contribution in [0.4, 0.5) is 0 Å². The van der Waals surface area contributed by atoms with Crippen molar-refractivity contribution in [2.24, 2.45) is 0 Å². The summed E-state index contributed by atoms with van der Waals surface area (Å²) in [5, 5.41) is 5.72. The molecular weight excluding hydrogens is 685 g/mol. The molecule has 1 N–H and O–H groups in total. The average molecular weight is 719 g/mol. The maximum atomic E-state index is 4.94. The first-order valence-electron chi connectivity index (χ1n) is 18.9. The molecule has 1 aliphatic rings. The zero-order chi connectivity index (χ0) is 37.0. The van der Waals surface area contributed by atoms with Gasteiger partial charge in [-0.05, 0) is 119 Å². The Morgan fingerprint density at radius 2 is 1.05 bits per heavy atom. The minimum absolute atomic E-state index is 0.110. The van der Waals surface area contributed by atoms with Gasteiger partial charge in [0.2, 0.25) is 0 Å². The summed E-state index contributed by atoms with van der Waals surface area (Å²) >= 11 is 0. The van der Waals surface area contributed by atoms with Gasteiger partial charge in [-0.15, -0.1) is 0 Å². The van der Waals surface area contributed by atoms with E-state index in [-0.39, 0.29) is 6.04 Å². The van der Waals surface area contributed by atoms with Gasteiger partial charge in [0.05, 0.1) is 44.8 Å². The van der Waals surface area contributed by atoms with Crippen molar-refractivity contribution < 1.29 is 0 Å². The van der Waals surface area contributed by atoms with Crippen molar-refractivity contribution in [3.05, 3.63) is 200 Å². The molecule has 0 radical (unpaired) electrons. The molecule has 11 rings (SSSR count). The van der Waals surface area contributed by atoms with Crippen molar-refractivity contribution >= 4 is 43.9 Å². The number of fused-ring (bicyclic) bond motifs is 6. The molecule has 6 nitrogen and oxygen atoms in total. The van der Waals surface area contributed by atoms with Crippen LogP contribution in [-0.4, -0.2) is 24.1 Å². The summed E-state index contributed by atoms with van der Waals surface area (Å²) < 4.78 is 4.67. The van der Waals surface area contributed by atoms with Crippen LogP contribution in [0.2, 0.25) is 0 Å². The fourth-order valence-electron chi connectivity index (χ4n) is 8.48. The monoisotopic (exact) mass is 718 g/mol. The third-order valence-corrected chi connectivity index (χ3v) is 11.0. The third-order valence-electron chi connectivity index (χ3n) is 11.0. The highest BCUT2D eigenvalue weighted by atomic mass is 15.0. The second kappa shape index (κ2) is 13.1. The molecule has 264 valence electrons. The van der Waals surface area contributed by atoms with Crippen LogP contribution in [0.1, 0.15) is 11.6 Å². The van der Waals surface area contributed by atoms with Crippen LogP contribution in [0.5, 0.6) is 0 Å². The van der Waals surface area contributed by atoms with E-state index in [0.29, 0.717) is 0 Å². The van der Waals surface area contributed by atoms with Crippen molar-refractivity contribution in [2.45, 2.75) is 6.04 Å². The lowest BCUT2D eigenvalue weighted by Gasteiger charge is -2.20. The molecular formula is C50H34N6. The quantitative estimate of drug-likeness (QED) is 0.186. The number of dihydropyridines is 1. The van der Waals surface area contributed by atoms with Crippen molar-refractivity contribution in [1.29, 1.82) is 0 Å². The number of rotatable bonds is 6. The smallest absolute Gasteiger partial charge is 0.0963 e. The fourth-order valence-corrected chi connectivity index (χ4v) is 8.48. The molecule has 56 heavy (non-hydrogen) atoms. The number of hydrogen-bond acceptors (Lipinski definition) is 4. The number of nitrogens with zero attached hydrogens (tertiary/aromatic N) is 5. The lowest BCUT2D eigenvalue weighted by atomic mass is 9.93. The second-order valence-corrected chi connectivity index (χ2v) is 14.1. The molecule has 10 aromatic rings. The zero-order valence-electron chi connectivity index (χ0n) is 30.3. The standard InChI is InChI=1S/C50H34N6/c1-3-16-39(43-18-5-7-26-51-43)37(14-1)33-22-24-45-41(30-33)49-47(20-10-28-53-49)55(45)35-12-9-13-36(32-35)56-46-25-23-34(31-42(46)50-48(56)21-11-29-54-50)38-15-2-4-17-40(38)44-19-6-8-27-52-44/h1-32,43,51H. The fraction of sp³-hybridized carbons (Fsp3) is 0.0200. The van der Waals surface area contributed by atoms with E-state index < -0.39 is 0 Å². The summed E-state index contributed by atoms with van der Waals surface area (Å²) in [5.41, 5.74) is 16.3. The van der Waals surface area contributed by atoms with Crippen LogP contribution in [0.3, 0.4) is 0 Å². The van der Waals surface area contributed by atoms with Crippen molar-refractivity contribution in [2.75, 3.05) is 0 Å². The van der Waals surface area contributed by atoms with E-state index in [9.17, 15) is 0 Å². The minimum atomic E-state index is 0.110. The molecule has 1 unspecified atom stereocenters. The first kappa shape index (κ1) is 31.9. The molecule has 0 aliphatic carbocycles. The number of allylic oxidation sites excluding steroid dienone is 2. The first-order chi connectivity index (χ1) is 27.8. The van der Waals surface area contributed by atoms with Crippen LogP contribution in [0.15, 0.2) is 195 Å². The van der Waals surface area contributed by atoms with E-state index >= 15 is 0 Å². The molecule has 6 heterocycles. The summed E-state index contributed by atoms with van der Waals surface area (Å²) in [4.78, 5) is 14.5. The summed E-state index contributed by atoms with van der Waals surface area (Å²) in [6, 6.07) is 54.0. The van der Waals surface area contributed by atoms with Gasteiger partial charge in [-0.3, -0.25) is 15.0 Å². The molecule has 6 heteroatoms. The molecule has 0 saturated carbocycles. The van der Waals surface area contributed by atoms with Gasteiger partial charge in [-0.25, -0.2) is 0 Å². The molecule has 0 amide bonds. The van der Waals surface area contributed by atoms with Crippen molar-refractivity contribution in [1.82, 2.24) is 29.4 Å². The summed E-state index contributed by atoms with van der Waals surface area (Å²) in [5.74, 6) is 0. The number of pyridine rings is 3. The molecule has 1 atom stereocenters. The Balaban J connectivity index is 1.06. The van der Waals surface area contributed by atoms with Crippen LogP contribution < -0.4 is 5.32 Å². The average Bonchev–Trinajstić information content (AvgIpc) is 3.79. The predicted octanol–water partition coefficient (Wildman–Crippen LogP) is 11.8. The molecule has 0 fully saturated rings. The van der Waals surface area contributed by atoms with E-state index in [1.165, 1.54) is 11.1 Å². The summed E-state index contributed by atoms with van der Waals surface area (Å²) in [7, 11) is 0. The summed E-state index contributed by atoms with van der Waals surface area (Å²) in [6.45, 7) is 0. The van der Waals surface area contributed by atoms with Gasteiger partial charge in [0.25, 0.3) is 0 Å². The maximum Gasteiger partial charge on any atom is 0.0963 e. The summed E-state index contributed by atoms with van der Waals surface area (Å²) in [6.07, 6.45) is 14.0. The largest absolute Gasteiger partial charge is 0.381 e. The van der Waals surface area contributed by atoms with E-state index in [2.05, 4.69) is 159 Å².